The first-order valence-corrected chi connectivity index (χ1v) is 8.89. The Bertz CT molecular complexity index is 774. The van der Waals surface area contributed by atoms with Crippen molar-refractivity contribution in [3.63, 3.8) is 0 Å². The lowest BCUT2D eigenvalue weighted by molar-refractivity contribution is -0.117. The van der Waals surface area contributed by atoms with Crippen molar-refractivity contribution in [3.8, 4) is 0 Å². The van der Waals surface area contributed by atoms with E-state index in [1.54, 1.807) is 11.3 Å². The highest BCUT2D eigenvalue weighted by atomic mass is 32.1. The minimum absolute atomic E-state index is 0.223. The lowest BCUT2D eigenvalue weighted by atomic mass is 9.85. The van der Waals surface area contributed by atoms with Crippen molar-refractivity contribution in [1.82, 2.24) is 15.6 Å². The molecular formula is C17H18N4O2S. The van der Waals surface area contributed by atoms with Gasteiger partial charge in [0.1, 0.15) is 6.04 Å². The van der Waals surface area contributed by atoms with E-state index < -0.39 is 6.04 Å². The number of benzene rings is 1. The third-order valence-corrected chi connectivity index (χ3v) is 5.56. The van der Waals surface area contributed by atoms with Crippen LogP contribution in [-0.4, -0.2) is 29.5 Å². The molecule has 1 saturated heterocycles. The molecule has 3 amide bonds. The van der Waals surface area contributed by atoms with Crippen molar-refractivity contribution >= 4 is 28.4 Å². The average molecular weight is 342 g/mol. The van der Waals surface area contributed by atoms with Crippen molar-refractivity contribution in [2.75, 3.05) is 11.9 Å². The van der Waals surface area contributed by atoms with E-state index in [2.05, 4.69) is 45.2 Å². The Balaban J connectivity index is 1.45. The van der Waals surface area contributed by atoms with Gasteiger partial charge in [-0.2, -0.15) is 0 Å². The van der Waals surface area contributed by atoms with Crippen LogP contribution in [0.3, 0.4) is 0 Å². The van der Waals surface area contributed by atoms with E-state index in [1.807, 2.05) is 6.07 Å². The van der Waals surface area contributed by atoms with E-state index >= 15 is 0 Å². The van der Waals surface area contributed by atoms with Crippen LogP contribution in [0.4, 0.5) is 9.93 Å². The molecule has 24 heavy (non-hydrogen) atoms. The molecular weight excluding hydrogens is 324 g/mol. The maximum Gasteiger partial charge on any atom is 0.315 e. The Morgan fingerprint density at radius 1 is 1.29 bits per heavy atom. The van der Waals surface area contributed by atoms with Crippen molar-refractivity contribution in [2.24, 2.45) is 0 Å². The zero-order valence-corrected chi connectivity index (χ0v) is 13.9. The van der Waals surface area contributed by atoms with Gasteiger partial charge in [0.15, 0.2) is 5.13 Å². The maximum atomic E-state index is 12.2. The summed E-state index contributed by atoms with van der Waals surface area (Å²) in [6.45, 7) is 0.311. The SMILES string of the molecule is O=C1NC[C@H](C(=O)Nc2nc3c(s2)C[C@@H](c2ccccc2)CC3)N1. The zero-order valence-electron chi connectivity index (χ0n) is 13.0. The van der Waals surface area contributed by atoms with Crippen LogP contribution in [0, 0.1) is 0 Å². The minimum atomic E-state index is -0.532. The summed E-state index contributed by atoms with van der Waals surface area (Å²) in [5, 5.41) is 8.62. The fourth-order valence-electron chi connectivity index (χ4n) is 3.24. The number of amides is 3. The molecule has 1 aromatic carbocycles. The van der Waals surface area contributed by atoms with Gasteiger partial charge >= 0.3 is 6.03 Å². The maximum absolute atomic E-state index is 12.2. The number of carbonyl (C=O) groups excluding carboxylic acids is 2. The second-order valence-corrected chi connectivity index (χ2v) is 7.22. The highest BCUT2D eigenvalue weighted by Crippen LogP contribution is 2.36. The molecule has 2 atom stereocenters. The van der Waals surface area contributed by atoms with Crippen LogP contribution < -0.4 is 16.0 Å². The fourth-order valence-corrected chi connectivity index (χ4v) is 4.33. The summed E-state index contributed by atoms with van der Waals surface area (Å²) in [4.78, 5) is 29.1. The predicted octanol–water partition coefficient (Wildman–Crippen LogP) is 2.04. The highest BCUT2D eigenvalue weighted by Gasteiger charge is 2.28. The van der Waals surface area contributed by atoms with Gasteiger partial charge in [-0.1, -0.05) is 30.3 Å². The van der Waals surface area contributed by atoms with E-state index in [1.165, 1.54) is 10.4 Å². The third kappa shape index (κ3) is 2.99. The van der Waals surface area contributed by atoms with E-state index in [9.17, 15) is 9.59 Å². The number of fused-ring (bicyclic) bond motifs is 1. The molecule has 7 heteroatoms. The molecule has 6 nitrogen and oxygen atoms in total. The van der Waals surface area contributed by atoms with Gasteiger partial charge in [-0.25, -0.2) is 9.78 Å². The van der Waals surface area contributed by atoms with Crippen LogP contribution in [0.2, 0.25) is 0 Å². The van der Waals surface area contributed by atoms with E-state index in [0.29, 0.717) is 17.6 Å². The molecule has 4 rings (SSSR count). The summed E-state index contributed by atoms with van der Waals surface area (Å²) in [5.41, 5.74) is 2.46. The van der Waals surface area contributed by atoms with Gasteiger partial charge in [0, 0.05) is 11.4 Å². The molecule has 0 radical (unpaired) electrons. The molecule has 0 saturated carbocycles. The summed E-state index contributed by atoms with van der Waals surface area (Å²) >= 11 is 1.55. The van der Waals surface area contributed by atoms with Gasteiger partial charge in [-0.05, 0) is 30.7 Å². The molecule has 0 unspecified atom stereocenters. The van der Waals surface area contributed by atoms with Crippen LogP contribution in [0.1, 0.15) is 28.5 Å². The van der Waals surface area contributed by atoms with Crippen LogP contribution in [0.5, 0.6) is 0 Å². The molecule has 2 aromatic rings. The second kappa shape index (κ2) is 6.24. The molecule has 1 aliphatic heterocycles. The summed E-state index contributed by atoms with van der Waals surface area (Å²) in [5.74, 6) is 0.292. The third-order valence-electron chi connectivity index (χ3n) is 4.53. The normalized spacial score (nSPS) is 22.4. The number of aryl methyl sites for hydroxylation is 1. The molecule has 3 N–H and O–H groups in total. The van der Waals surface area contributed by atoms with Crippen molar-refractivity contribution in [1.29, 1.82) is 0 Å². The first kappa shape index (κ1) is 15.1. The average Bonchev–Trinajstić information content (AvgIpc) is 3.20. The summed E-state index contributed by atoms with van der Waals surface area (Å²) in [6.07, 6.45) is 2.98. The Morgan fingerprint density at radius 3 is 2.88 bits per heavy atom. The fraction of sp³-hybridized carbons (Fsp3) is 0.353. The number of hydrogen-bond acceptors (Lipinski definition) is 4. The topological polar surface area (TPSA) is 83.1 Å². The zero-order chi connectivity index (χ0) is 16.5. The van der Waals surface area contributed by atoms with E-state index in [0.717, 1.165) is 25.0 Å². The second-order valence-electron chi connectivity index (χ2n) is 6.14. The monoisotopic (exact) mass is 342 g/mol. The number of aromatic nitrogens is 1. The van der Waals surface area contributed by atoms with Crippen LogP contribution in [0.15, 0.2) is 30.3 Å². The molecule has 1 fully saturated rings. The predicted molar refractivity (Wildman–Crippen MR) is 92.3 cm³/mol. The molecule has 0 bridgehead atoms. The molecule has 1 aliphatic carbocycles. The molecule has 1 aromatic heterocycles. The number of urea groups is 1. The Kier molecular flexibility index (Phi) is 3.93. The quantitative estimate of drug-likeness (QED) is 0.798. The summed E-state index contributed by atoms with van der Waals surface area (Å²) in [6, 6.07) is 9.70. The lowest BCUT2D eigenvalue weighted by Gasteiger charge is -2.21. The largest absolute Gasteiger partial charge is 0.336 e. The summed E-state index contributed by atoms with van der Waals surface area (Å²) in [7, 11) is 0. The van der Waals surface area contributed by atoms with Gasteiger partial charge < -0.3 is 16.0 Å². The van der Waals surface area contributed by atoms with Crippen LogP contribution in [0.25, 0.3) is 0 Å². The number of anilines is 1. The van der Waals surface area contributed by atoms with Crippen molar-refractivity contribution in [2.45, 2.75) is 31.2 Å². The van der Waals surface area contributed by atoms with E-state index in [4.69, 9.17) is 0 Å². The van der Waals surface area contributed by atoms with E-state index in [-0.39, 0.29) is 11.9 Å². The summed E-state index contributed by atoms with van der Waals surface area (Å²) < 4.78 is 0. The molecule has 2 heterocycles. The highest BCUT2D eigenvalue weighted by molar-refractivity contribution is 7.15. The molecule has 124 valence electrons. The smallest absolute Gasteiger partial charge is 0.315 e. The van der Waals surface area contributed by atoms with Crippen molar-refractivity contribution < 1.29 is 9.59 Å². The molecule has 2 aliphatic rings. The lowest BCUT2D eigenvalue weighted by Crippen LogP contribution is -2.38. The van der Waals surface area contributed by atoms with Crippen LogP contribution in [-0.2, 0) is 17.6 Å². The Morgan fingerprint density at radius 2 is 2.12 bits per heavy atom. The number of carbonyl (C=O) groups is 2. The molecule has 0 spiro atoms. The number of hydrogen-bond donors (Lipinski definition) is 3. The minimum Gasteiger partial charge on any atom is -0.336 e. The van der Waals surface area contributed by atoms with Gasteiger partial charge in [0.05, 0.1) is 5.69 Å². The van der Waals surface area contributed by atoms with Gasteiger partial charge in [0.2, 0.25) is 0 Å². The Labute approximate surface area is 143 Å². The number of nitrogens with zero attached hydrogens (tertiary/aromatic N) is 1. The standard InChI is InChI=1S/C17H18N4O2S/c22-15(13-9-18-16(23)19-13)21-17-20-12-7-6-11(8-14(12)24-17)10-4-2-1-3-5-10/h1-5,11,13H,6-9H2,(H2,18,19,23)(H,20,21,22)/t11-,13+/m0/s1. The number of thiazole rings is 1. The first-order valence-electron chi connectivity index (χ1n) is 8.08. The van der Waals surface area contributed by atoms with Gasteiger partial charge in [-0.3, -0.25) is 4.79 Å². The van der Waals surface area contributed by atoms with Gasteiger partial charge in [0.25, 0.3) is 5.91 Å². The van der Waals surface area contributed by atoms with Crippen LogP contribution >= 0.6 is 11.3 Å². The number of rotatable bonds is 3. The first-order chi connectivity index (χ1) is 11.7. The van der Waals surface area contributed by atoms with Crippen molar-refractivity contribution in [3.05, 3.63) is 46.5 Å². The number of nitrogens with one attached hydrogen (secondary N) is 3. The Hall–Kier alpha value is -2.41. The van der Waals surface area contributed by atoms with Gasteiger partial charge in [-0.15, -0.1) is 11.3 Å².